The van der Waals surface area contributed by atoms with Crippen molar-refractivity contribution in [2.75, 3.05) is 24.8 Å². The number of rotatable bonds is 10. The average molecular weight is 503 g/mol. The van der Waals surface area contributed by atoms with Gasteiger partial charge in [0.25, 0.3) is 0 Å². The lowest BCUT2D eigenvalue weighted by Crippen LogP contribution is -2.16. The zero-order valence-corrected chi connectivity index (χ0v) is 21.7. The summed E-state index contributed by atoms with van der Waals surface area (Å²) in [4.78, 5) is 12.9. The third-order valence-corrected chi connectivity index (χ3v) is 6.51. The Hall–Kier alpha value is -3.78. The van der Waals surface area contributed by atoms with E-state index in [2.05, 4.69) is 29.4 Å². The van der Waals surface area contributed by atoms with E-state index >= 15 is 0 Å². The largest absolute Gasteiger partial charge is 0.497 e. The fourth-order valence-corrected chi connectivity index (χ4v) is 4.56. The molecule has 0 spiro atoms. The first-order chi connectivity index (χ1) is 17.5. The second kappa shape index (κ2) is 11.8. The van der Waals surface area contributed by atoms with Crippen LogP contribution in [0.25, 0.3) is 17.1 Å². The van der Waals surface area contributed by atoms with Gasteiger partial charge >= 0.3 is 0 Å². The number of aromatic nitrogens is 3. The fraction of sp³-hybridized carbons (Fsp3) is 0.250. The van der Waals surface area contributed by atoms with Crippen LogP contribution in [0, 0.1) is 0 Å². The lowest BCUT2D eigenvalue weighted by molar-refractivity contribution is -0.113. The summed E-state index contributed by atoms with van der Waals surface area (Å²) in [5.74, 6) is 2.64. The molecule has 1 heterocycles. The molecule has 8 heteroatoms. The van der Waals surface area contributed by atoms with Crippen molar-refractivity contribution in [2.45, 2.75) is 31.8 Å². The Kier molecular flexibility index (Phi) is 8.28. The van der Waals surface area contributed by atoms with Crippen LogP contribution in [0.5, 0.6) is 11.5 Å². The number of thioether (sulfide) groups is 1. The molecule has 0 aliphatic rings. The number of hydrogen-bond donors (Lipinski definition) is 1. The van der Waals surface area contributed by atoms with Gasteiger partial charge in [-0.15, -0.1) is 10.2 Å². The van der Waals surface area contributed by atoms with E-state index in [1.54, 1.807) is 7.11 Å². The third-order valence-electron chi connectivity index (χ3n) is 5.58. The van der Waals surface area contributed by atoms with E-state index in [0.29, 0.717) is 23.5 Å². The third kappa shape index (κ3) is 5.88. The molecule has 0 unspecified atom stereocenters. The quantitative estimate of drug-likeness (QED) is 0.260. The van der Waals surface area contributed by atoms with Crippen molar-refractivity contribution in [1.29, 1.82) is 0 Å². The van der Waals surface area contributed by atoms with Gasteiger partial charge in [-0.1, -0.05) is 43.8 Å². The Balaban J connectivity index is 1.60. The number of carbonyl (C=O) groups is 1. The fourth-order valence-electron chi connectivity index (χ4n) is 3.81. The number of ether oxygens (including phenoxy) is 2. The molecule has 0 bridgehead atoms. The van der Waals surface area contributed by atoms with Gasteiger partial charge in [0.1, 0.15) is 11.5 Å². The molecule has 4 rings (SSSR count). The number of nitrogens with zero attached hydrogens (tertiary/aromatic N) is 3. The van der Waals surface area contributed by atoms with Crippen LogP contribution in [-0.2, 0) is 4.79 Å². The van der Waals surface area contributed by atoms with E-state index < -0.39 is 0 Å². The van der Waals surface area contributed by atoms with Crippen LogP contribution in [0.4, 0.5) is 5.69 Å². The molecule has 7 nitrogen and oxygen atoms in total. The second-order valence-corrected chi connectivity index (χ2v) is 9.32. The number of hydrogen-bond acceptors (Lipinski definition) is 6. The van der Waals surface area contributed by atoms with Crippen LogP contribution < -0.4 is 14.8 Å². The van der Waals surface area contributed by atoms with Crippen LogP contribution in [-0.4, -0.2) is 40.1 Å². The summed E-state index contributed by atoms with van der Waals surface area (Å²) in [5.41, 5.74) is 3.71. The maximum absolute atomic E-state index is 12.9. The summed E-state index contributed by atoms with van der Waals surface area (Å²) in [6, 6.07) is 23.3. The smallest absolute Gasteiger partial charge is 0.234 e. The number of amides is 1. The van der Waals surface area contributed by atoms with E-state index in [9.17, 15) is 4.79 Å². The zero-order chi connectivity index (χ0) is 25.5. The molecule has 0 aliphatic heterocycles. The molecular weight excluding hydrogens is 472 g/mol. The van der Waals surface area contributed by atoms with E-state index in [1.807, 2.05) is 84.3 Å². The minimum Gasteiger partial charge on any atom is -0.497 e. The molecule has 0 radical (unpaired) electrons. The topological polar surface area (TPSA) is 78.3 Å². The zero-order valence-electron chi connectivity index (χ0n) is 20.9. The highest BCUT2D eigenvalue weighted by atomic mass is 32.2. The molecule has 1 N–H and O–H groups in total. The SMILES string of the molecule is CCOc1ccc(-n2c(SCC(=O)Nc3ccccc3C(C)C)nnc2-c2ccc(OC)cc2)cc1. The van der Waals surface area contributed by atoms with Crippen molar-refractivity contribution in [3.63, 3.8) is 0 Å². The van der Waals surface area contributed by atoms with Crippen LogP contribution in [0.1, 0.15) is 32.3 Å². The molecular formula is C28H30N4O3S. The molecule has 3 aromatic carbocycles. The number of carbonyl (C=O) groups excluding carboxylic acids is 1. The van der Waals surface area contributed by atoms with Crippen molar-refractivity contribution in [3.05, 3.63) is 78.4 Å². The van der Waals surface area contributed by atoms with Crippen molar-refractivity contribution < 1.29 is 14.3 Å². The predicted molar refractivity (Wildman–Crippen MR) is 144 cm³/mol. The maximum atomic E-state index is 12.9. The molecule has 4 aromatic rings. The highest BCUT2D eigenvalue weighted by Gasteiger charge is 2.18. The summed E-state index contributed by atoms with van der Waals surface area (Å²) in [5, 5.41) is 12.6. The van der Waals surface area contributed by atoms with E-state index in [1.165, 1.54) is 11.8 Å². The van der Waals surface area contributed by atoms with Crippen molar-refractivity contribution in [2.24, 2.45) is 0 Å². The average Bonchev–Trinajstić information content (AvgIpc) is 3.32. The Morgan fingerprint density at radius 3 is 2.33 bits per heavy atom. The van der Waals surface area contributed by atoms with E-state index in [-0.39, 0.29) is 11.7 Å². The number of benzene rings is 3. The van der Waals surface area contributed by atoms with Crippen LogP contribution >= 0.6 is 11.8 Å². The summed E-state index contributed by atoms with van der Waals surface area (Å²) in [6.07, 6.45) is 0. The summed E-state index contributed by atoms with van der Waals surface area (Å²) >= 11 is 1.34. The molecule has 0 saturated heterocycles. The normalized spacial score (nSPS) is 10.9. The van der Waals surface area contributed by atoms with Gasteiger partial charge in [0.2, 0.25) is 5.91 Å². The number of anilines is 1. The van der Waals surface area contributed by atoms with Gasteiger partial charge in [0.15, 0.2) is 11.0 Å². The summed E-state index contributed by atoms with van der Waals surface area (Å²) in [7, 11) is 1.64. The molecule has 0 atom stereocenters. The van der Waals surface area contributed by atoms with Crippen molar-refractivity contribution >= 4 is 23.4 Å². The standard InChI is InChI=1S/C28H30N4O3S/c1-5-35-23-16-12-21(13-17-23)32-27(20-10-14-22(34-4)15-11-20)30-31-28(32)36-18-26(33)29-25-9-7-6-8-24(25)19(2)3/h6-17,19H,5,18H2,1-4H3,(H,29,33). The Morgan fingerprint density at radius 2 is 1.67 bits per heavy atom. The molecule has 36 heavy (non-hydrogen) atoms. The first-order valence-electron chi connectivity index (χ1n) is 11.8. The van der Waals surface area contributed by atoms with Gasteiger partial charge in [0.05, 0.1) is 19.5 Å². The lowest BCUT2D eigenvalue weighted by atomic mass is 10.0. The first kappa shape index (κ1) is 25.3. The Bertz CT molecular complexity index is 1300. The van der Waals surface area contributed by atoms with Gasteiger partial charge in [0, 0.05) is 16.9 Å². The highest BCUT2D eigenvalue weighted by molar-refractivity contribution is 7.99. The Morgan fingerprint density at radius 1 is 0.972 bits per heavy atom. The molecule has 0 fully saturated rings. The first-order valence-corrected chi connectivity index (χ1v) is 12.8. The lowest BCUT2D eigenvalue weighted by Gasteiger charge is -2.14. The van der Waals surface area contributed by atoms with Crippen LogP contribution in [0.3, 0.4) is 0 Å². The van der Waals surface area contributed by atoms with Crippen molar-refractivity contribution in [1.82, 2.24) is 14.8 Å². The number of methoxy groups -OCH3 is 1. The molecule has 1 aromatic heterocycles. The number of nitrogens with one attached hydrogen (secondary N) is 1. The van der Waals surface area contributed by atoms with E-state index in [0.717, 1.165) is 34.0 Å². The number of para-hydroxylation sites is 1. The summed E-state index contributed by atoms with van der Waals surface area (Å²) < 4.78 is 12.8. The van der Waals surface area contributed by atoms with Gasteiger partial charge < -0.3 is 14.8 Å². The summed E-state index contributed by atoms with van der Waals surface area (Å²) in [6.45, 7) is 6.77. The monoisotopic (exact) mass is 502 g/mol. The molecule has 0 aliphatic carbocycles. The van der Waals surface area contributed by atoms with Crippen molar-refractivity contribution in [3.8, 4) is 28.6 Å². The molecule has 0 saturated carbocycles. The van der Waals surface area contributed by atoms with Gasteiger partial charge in [-0.05, 0) is 73.0 Å². The maximum Gasteiger partial charge on any atom is 0.234 e. The predicted octanol–water partition coefficient (Wildman–Crippen LogP) is 6.20. The van der Waals surface area contributed by atoms with Gasteiger partial charge in [-0.2, -0.15) is 0 Å². The van der Waals surface area contributed by atoms with Crippen LogP contribution in [0.2, 0.25) is 0 Å². The minimum atomic E-state index is -0.0969. The second-order valence-electron chi connectivity index (χ2n) is 8.38. The van der Waals surface area contributed by atoms with Gasteiger partial charge in [-0.25, -0.2) is 0 Å². The molecule has 186 valence electrons. The Labute approximate surface area is 215 Å². The minimum absolute atomic E-state index is 0.0969. The van der Waals surface area contributed by atoms with Crippen LogP contribution in [0.15, 0.2) is 78.0 Å². The molecule has 1 amide bonds. The van der Waals surface area contributed by atoms with Gasteiger partial charge in [-0.3, -0.25) is 9.36 Å². The van der Waals surface area contributed by atoms with E-state index in [4.69, 9.17) is 9.47 Å². The highest BCUT2D eigenvalue weighted by Crippen LogP contribution is 2.30.